The zero-order valence-electron chi connectivity index (χ0n) is 19.8. The van der Waals surface area contributed by atoms with E-state index in [1.54, 1.807) is 43.3 Å². The van der Waals surface area contributed by atoms with Gasteiger partial charge in [-0.1, -0.05) is 24.3 Å². The van der Waals surface area contributed by atoms with Gasteiger partial charge in [0.15, 0.2) is 11.5 Å². The molecule has 35 heavy (non-hydrogen) atoms. The van der Waals surface area contributed by atoms with Crippen LogP contribution in [0.25, 0.3) is 0 Å². The molecule has 9 nitrogen and oxygen atoms in total. The summed E-state index contributed by atoms with van der Waals surface area (Å²) in [5.74, 6) is -0.447. The monoisotopic (exact) mass is 498 g/mol. The number of anilines is 2. The molecule has 0 aliphatic heterocycles. The van der Waals surface area contributed by atoms with Crippen LogP contribution in [0.15, 0.2) is 71.6 Å². The van der Waals surface area contributed by atoms with Gasteiger partial charge in [0.2, 0.25) is 5.91 Å². The van der Waals surface area contributed by atoms with Crippen LogP contribution >= 0.6 is 0 Å². The molecule has 1 amide bonds. The number of aryl methyl sites for hydroxylation is 1. The Morgan fingerprint density at radius 1 is 0.886 bits per heavy atom. The lowest BCUT2D eigenvalue weighted by atomic mass is 10.1. The number of rotatable bonds is 9. The molecule has 3 aromatic rings. The molecule has 0 aliphatic carbocycles. The van der Waals surface area contributed by atoms with Gasteiger partial charge >= 0.3 is 5.97 Å². The standard InChI is InChI=1S/C25H26N2O7S/c1-17-10-11-18(25(29)34-4)14-21(17)26-24(28)16-27(35(30,31)20-8-6-5-7-9-20)19-12-13-22(32-2)23(15-19)33-3/h5-15H,16H2,1-4H3,(H,26,28). The van der Waals surface area contributed by atoms with Crippen molar-refractivity contribution in [2.75, 3.05) is 37.5 Å². The summed E-state index contributed by atoms with van der Waals surface area (Å²) in [6.07, 6.45) is 0. The number of benzene rings is 3. The number of hydrogen-bond donors (Lipinski definition) is 1. The third kappa shape index (κ3) is 5.72. The van der Waals surface area contributed by atoms with Crippen molar-refractivity contribution >= 4 is 33.3 Å². The molecule has 0 saturated carbocycles. The summed E-state index contributed by atoms with van der Waals surface area (Å²) < 4.78 is 43.4. The van der Waals surface area contributed by atoms with E-state index in [1.165, 1.54) is 51.7 Å². The van der Waals surface area contributed by atoms with Crippen molar-refractivity contribution in [2.24, 2.45) is 0 Å². The molecule has 0 unspecified atom stereocenters. The van der Waals surface area contributed by atoms with Crippen molar-refractivity contribution < 1.29 is 32.2 Å². The van der Waals surface area contributed by atoms with Gasteiger partial charge in [0.05, 0.1) is 37.5 Å². The van der Waals surface area contributed by atoms with Crippen LogP contribution < -0.4 is 19.1 Å². The van der Waals surface area contributed by atoms with Gasteiger partial charge in [-0.2, -0.15) is 0 Å². The first-order valence-electron chi connectivity index (χ1n) is 10.5. The molecule has 1 N–H and O–H groups in total. The Hall–Kier alpha value is -4.05. The van der Waals surface area contributed by atoms with Crippen molar-refractivity contribution in [1.29, 1.82) is 0 Å². The Balaban J connectivity index is 2.00. The van der Waals surface area contributed by atoms with Gasteiger partial charge in [0.1, 0.15) is 6.54 Å². The SMILES string of the molecule is COC(=O)c1ccc(C)c(NC(=O)CN(c2ccc(OC)c(OC)c2)S(=O)(=O)c2ccccc2)c1. The second kappa shape index (κ2) is 10.9. The maximum atomic E-state index is 13.5. The van der Waals surface area contributed by atoms with Crippen LogP contribution in [0.4, 0.5) is 11.4 Å². The first kappa shape index (κ1) is 25.6. The van der Waals surface area contributed by atoms with Gasteiger partial charge in [-0.3, -0.25) is 9.10 Å². The molecule has 0 atom stereocenters. The van der Waals surface area contributed by atoms with Gasteiger partial charge < -0.3 is 19.5 Å². The highest BCUT2D eigenvalue weighted by atomic mass is 32.2. The van der Waals surface area contributed by atoms with E-state index in [1.807, 2.05) is 0 Å². The first-order chi connectivity index (χ1) is 16.7. The second-order valence-electron chi connectivity index (χ2n) is 7.43. The lowest BCUT2D eigenvalue weighted by Gasteiger charge is -2.25. The molecular weight excluding hydrogens is 472 g/mol. The van der Waals surface area contributed by atoms with Crippen molar-refractivity contribution in [3.05, 3.63) is 77.9 Å². The number of nitrogens with zero attached hydrogens (tertiary/aromatic N) is 1. The van der Waals surface area contributed by atoms with Crippen LogP contribution in [0.5, 0.6) is 11.5 Å². The molecule has 0 aromatic heterocycles. The first-order valence-corrected chi connectivity index (χ1v) is 11.9. The van der Waals surface area contributed by atoms with E-state index in [0.717, 1.165) is 4.31 Å². The van der Waals surface area contributed by atoms with Crippen LogP contribution in [0, 0.1) is 6.92 Å². The predicted molar refractivity (Wildman–Crippen MR) is 132 cm³/mol. The minimum absolute atomic E-state index is 0.0199. The maximum Gasteiger partial charge on any atom is 0.337 e. The number of nitrogens with one attached hydrogen (secondary N) is 1. The molecule has 0 aliphatic rings. The Labute approximate surface area is 204 Å². The smallest absolute Gasteiger partial charge is 0.337 e. The van der Waals surface area contributed by atoms with Crippen LogP contribution in [-0.4, -0.2) is 48.2 Å². The number of methoxy groups -OCH3 is 3. The van der Waals surface area contributed by atoms with Crippen molar-refractivity contribution in [3.8, 4) is 11.5 Å². The number of carbonyl (C=O) groups excluding carboxylic acids is 2. The molecule has 10 heteroatoms. The van der Waals surface area contributed by atoms with E-state index in [9.17, 15) is 18.0 Å². The zero-order valence-corrected chi connectivity index (χ0v) is 20.6. The fourth-order valence-electron chi connectivity index (χ4n) is 3.34. The summed E-state index contributed by atoms with van der Waals surface area (Å²) in [6.45, 7) is 1.22. The molecule has 184 valence electrons. The Morgan fingerprint density at radius 2 is 1.57 bits per heavy atom. The van der Waals surface area contributed by atoms with Gasteiger partial charge in [-0.15, -0.1) is 0 Å². The largest absolute Gasteiger partial charge is 0.493 e. The van der Waals surface area contributed by atoms with Gasteiger partial charge in [-0.25, -0.2) is 13.2 Å². The van der Waals surface area contributed by atoms with Gasteiger partial charge in [0, 0.05) is 11.8 Å². The molecule has 0 bridgehead atoms. The summed E-state index contributed by atoms with van der Waals surface area (Å²) >= 11 is 0. The lowest BCUT2D eigenvalue weighted by Crippen LogP contribution is -2.38. The molecule has 0 saturated heterocycles. The highest BCUT2D eigenvalue weighted by Crippen LogP contribution is 2.34. The highest BCUT2D eigenvalue weighted by molar-refractivity contribution is 7.92. The number of amides is 1. The fraction of sp³-hybridized carbons (Fsp3) is 0.200. The highest BCUT2D eigenvalue weighted by Gasteiger charge is 2.28. The number of esters is 1. The Bertz CT molecular complexity index is 1320. The minimum Gasteiger partial charge on any atom is -0.493 e. The third-order valence-electron chi connectivity index (χ3n) is 5.21. The summed E-state index contributed by atoms with van der Waals surface area (Å²) in [7, 11) is 0.0386. The van der Waals surface area contributed by atoms with Crippen LogP contribution in [-0.2, 0) is 19.6 Å². The van der Waals surface area contributed by atoms with E-state index in [2.05, 4.69) is 5.32 Å². The Morgan fingerprint density at radius 3 is 2.20 bits per heavy atom. The zero-order chi connectivity index (χ0) is 25.6. The van der Waals surface area contributed by atoms with E-state index >= 15 is 0 Å². The molecule has 0 fully saturated rings. The summed E-state index contributed by atoms with van der Waals surface area (Å²) in [6, 6.07) is 17.1. The molecule has 3 aromatic carbocycles. The normalized spacial score (nSPS) is 10.9. The average molecular weight is 499 g/mol. The van der Waals surface area contributed by atoms with Crippen LogP contribution in [0.2, 0.25) is 0 Å². The van der Waals surface area contributed by atoms with E-state index in [0.29, 0.717) is 22.7 Å². The van der Waals surface area contributed by atoms with Crippen LogP contribution in [0.1, 0.15) is 15.9 Å². The lowest BCUT2D eigenvalue weighted by molar-refractivity contribution is -0.114. The maximum absolute atomic E-state index is 13.5. The quantitative estimate of drug-likeness (QED) is 0.449. The predicted octanol–water partition coefficient (Wildman–Crippen LogP) is 3.63. The van der Waals surface area contributed by atoms with Crippen molar-refractivity contribution in [3.63, 3.8) is 0 Å². The third-order valence-corrected chi connectivity index (χ3v) is 6.99. The number of sulfonamides is 1. The van der Waals surface area contributed by atoms with Crippen molar-refractivity contribution in [2.45, 2.75) is 11.8 Å². The average Bonchev–Trinajstić information content (AvgIpc) is 2.88. The topological polar surface area (TPSA) is 111 Å². The molecular formula is C25H26N2O7S. The minimum atomic E-state index is -4.12. The van der Waals surface area contributed by atoms with Crippen molar-refractivity contribution in [1.82, 2.24) is 0 Å². The number of hydrogen-bond acceptors (Lipinski definition) is 7. The molecule has 3 rings (SSSR count). The van der Waals surface area contributed by atoms with Gasteiger partial charge in [0.25, 0.3) is 10.0 Å². The molecule has 0 radical (unpaired) electrons. The number of ether oxygens (including phenoxy) is 3. The fourth-order valence-corrected chi connectivity index (χ4v) is 4.77. The van der Waals surface area contributed by atoms with E-state index in [4.69, 9.17) is 14.2 Å². The van der Waals surface area contributed by atoms with Gasteiger partial charge in [-0.05, 0) is 48.9 Å². The number of carbonyl (C=O) groups is 2. The summed E-state index contributed by atoms with van der Waals surface area (Å²) in [5, 5.41) is 2.70. The summed E-state index contributed by atoms with van der Waals surface area (Å²) in [4.78, 5) is 25.0. The molecule has 0 heterocycles. The summed E-state index contributed by atoms with van der Waals surface area (Å²) in [5.41, 5.74) is 1.51. The van der Waals surface area contributed by atoms with E-state index < -0.39 is 28.4 Å². The van der Waals surface area contributed by atoms with E-state index in [-0.39, 0.29) is 16.1 Å². The Kier molecular flexibility index (Phi) is 7.98. The second-order valence-corrected chi connectivity index (χ2v) is 9.30. The van der Waals surface area contributed by atoms with Crippen LogP contribution in [0.3, 0.4) is 0 Å². The molecule has 0 spiro atoms.